The van der Waals surface area contributed by atoms with Crippen LogP contribution in [0.4, 0.5) is 0 Å². The molecule has 31 heavy (non-hydrogen) atoms. The molecule has 0 atom stereocenters. The fourth-order valence-corrected chi connectivity index (χ4v) is 5.43. The van der Waals surface area contributed by atoms with Crippen molar-refractivity contribution >= 4 is 49.3 Å². The van der Waals surface area contributed by atoms with Crippen molar-refractivity contribution in [3.8, 4) is 11.3 Å². The second-order valence-electron chi connectivity index (χ2n) is 8.24. The SMILES string of the molecule is C=C(CC)[n+]1c(-c2c(CCC)ccc3c2oc2nc(C)ccc23)ccc2scc(C)c21. The predicted molar refractivity (Wildman–Crippen MR) is 132 cm³/mol. The molecule has 0 amide bonds. The summed E-state index contributed by atoms with van der Waals surface area (Å²) in [5, 5.41) is 4.42. The first-order chi connectivity index (χ1) is 15.0. The zero-order valence-electron chi connectivity index (χ0n) is 18.6. The van der Waals surface area contributed by atoms with E-state index in [1.807, 2.05) is 6.92 Å². The minimum Gasteiger partial charge on any atom is -0.437 e. The lowest BCUT2D eigenvalue weighted by molar-refractivity contribution is -0.542. The van der Waals surface area contributed by atoms with Gasteiger partial charge in [0.2, 0.25) is 16.9 Å². The van der Waals surface area contributed by atoms with Gasteiger partial charge in [-0.15, -0.1) is 11.3 Å². The van der Waals surface area contributed by atoms with E-state index in [9.17, 15) is 0 Å². The molecule has 1 aromatic carbocycles. The van der Waals surface area contributed by atoms with Crippen LogP contribution < -0.4 is 4.57 Å². The Labute approximate surface area is 186 Å². The van der Waals surface area contributed by atoms with Crippen molar-refractivity contribution in [2.24, 2.45) is 0 Å². The van der Waals surface area contributed by atoms with E-state index in [4.69, 9.17) is 4.42 Å². The lowest BCUT2D eigenvalue weighted by atomic mass is 9.96. The molecular weight excluding hydrogens is 400 g/mol. The number of aromatic nitrogens is 2. The van der Waals surface area contributed by atoms with E-state index in [2.05, 4.69) is 78.7 Å². The number of furan rings is 1. The predicted octanol–water partition coefficient (Wildman–Crippen LogP) is 7.60. The third-order valence-corrected chi connectivity index (χ3v) is 7.11. The maximum absolute atomic E-state index is 6.45. The molecule has 0 aliphatic heterocycles. The van der Waals surface area contributed by atoms with Gasteiger partial charge in [0, 0.05) is 39.9 Å². The van der Waals surface area contributed by atoms with E-state index >= 15 is 0 Å². The van der Waals surface area contributed by atoms with Crippen molar-refractivity contribution in [1.82, 2.24) is 4.98 Å². The number of benzene rings is 1. The summed E-state index contributed by atoms with van der Waals surface area (Å²) in [7, 11) is 0. The summed E-state index contributed by atoms with van der Waals surface area (Å²) in [5.41, 5.74) is 9.82. The average molecular weight is 428 g/mol. The van der Waals surface area contributed by atoms with Crippen LogP contribution in [0, 0.1) is 13.8 Å². The van der Waals surface area contributed by atoms with Crippen molar-refractivity contribution in [2.45, 2.75) is 47.0 Å². The number of aryl methyl sites for hydroxylation is 3. The lowest BCUT2D eigenvalue weighted by Crippen LogP contribution is -2.35. The van der Waals surface area contributed by atoms with Gasteiger partial charge in [0.05, 0.1) is 10.3 Å². The zero-order valence-corrected chi connectivity index (χ0v) is 19.4. The van der Waals surface area contributed by atoms with Gasteiger partial charge in [-0.1, -0.05) is 32.4 Å². The van der Waals surface area contributed by atoms with Crippen LogP contribution in [0.2, 0.25) is 0 Å². The molecule has 0 aliphatic carbocycles. The highest BCUT2D eigenvalue weighted by Gasteiger charge is 2.28. The van der Waals surface area contributed by atoms with E-state index in [0.29, 0.717) is 5.71 Å². The molecule has 0 aliphatic rings. The molecule has 3 nitrogen and oxygen atoms in total. The van der Waals surface area contributed by atoms with Crippen molar-refractivity contribution in [3.63, 3.8) is 0 Å². The van der Waals surface area contributed by atoms with Crippen LogP contribution in [0.1, 0.15) is 43.5 Å². The first-order valence-corrected chi connectivity index (χ1v) is 11.8. The maximum Gasteiger partial charge on any atom is 0.232 e. The van der Waals surface area contributed by atoms with Gasteiger partial charge in [-0.2, -0.15) is 4.57 Å². The Balaban J connectivity index is 1.95. The molecule has 4 heterocycles. The van der Waals surface area contributed by atoms with E-state index in [1.165, 1.54) is 21.3 Å². The van der Waals surface area contributed by atoms with E-state index in [0.717, 1.165) is 58.3 Å². The van der Waals surface area contributed by atoms with Gasteiger partial charge in [0.15, 0.2) is 11.3 Å². The normalized spacial score (nSPS) is 11.7. The maximum atomic E-state index is 6.45. The van der Waals surface area contributed by atoms with Crippen molar-refractivity contribution in [3.05, 3.63) is 65.2 Å². The van der Waals surface area contributed by atoms with Crippen LogP contribution in [0.15, 0.2) is 52.8 Å². The number of thiophene rings is 1. The second-order valence-corrected chi connectivity index (χ2v) is 9.15. The standard InChI is InChI=1S/C27H27N2OS/c1-6-8-19-10-12-20-21-11-9-17(4)28-27(21)30-26(20)24(19)22-13-14-23-25(16(3)15-31-23)29(22)18(5)7-2/h9-15H,5-8H2,1-4H3/q+1. The average Bonchev–Trinajstić information content (AvgIpc) is 3.32. The Bertz CT molecular complexity index is 1470. The third kappa shape index (κ3) is 3.09. The molecule has 0 unspecified atom stereocenters. The smallest absolute Gasteiger partial charge is 0.232 e. The molecule has 4 aromatic heterocycles. The van der Waals surface area contributed by atoms with Gasteiger partial charge in [-0.3, -0.25) is 0 Å². The molecule has 0 N–H and O–H groups in total. The van der Waals surface area contributed by atoms with Crippen molar-refractivity contribution in [2.75, 3.05) is 0 Å². The highest BCUT2D eigenvalue weighted by molar-refractivity contribution is 7.17. The topological polar surface area (TPSA) is 29.9 Å². The molecule has 4 heteroatoms. The molecule has 0 radical (unpaired) electrons. The summed E-state index contributed by atoms with van der Waals surface area (Å²) < 4.78 is 10.1. The lowest BCUT2D eigenvalue weighted by Gasteiger charge is -2.11. The summed E-state index contributed by atoms with van der Waals surface area (Å²) >= 11 is 1.79. The van der Waals surface area contributed by atoms with Gasteiger partial charge in [0.25, 0.3) is 0 Å². The van der Waals surface area contributed by atoms with Gasteiger partial charge in [-0.25, -0.2) is 4.98 Å². The van der Waals surface area contributed by atoms with Crippen molar-refractivity contribution < 1.29 is 8.98 Å². The molecule has 0 saturated heterocycles. The van der Waals surface area contributed by atoms with E-state index in [-0.39, 0.29) is 0 Å². The monoisotopic (exact) mass is 427 g/mol. The van der Waals surface area contributed by atoms with E-state index in [1.54, 1.807) is 11.3 Å². The van der Waals surface area contributed by atoms with Crippen LogP contribution >= 0.6 is 11.3 Å². The van der Waals surface area contributed by atoms with Crippen LogP contribution in [0.3, 0.4) is 0 Å². The Hall–Kier alpha value is -2.98. The first kappa shape index (κ1) is 20.0. The van der Waals surface area contributed by atoms with Crippen LogP contribution in [0.25, 0.3) is 49.2 Å². The minimum atomic E-state index is 0.707. The quantitative estimate of drug-likeness (QED) is 0.270. The number of fused-ring (bicyclic) bond motifs is 4. The molecule has 0 fully saturated rings. The molecule has 0 spiro atoms. The fraction of sp³-hybridized carbons (Fsp3) is 0.259. The summed E-state index contributed by atoms with van der Waals surface area (Å²) in [6, 6.07) is 13.1. The molecule has 0 bridgehead atoms. The summed E-state index contributed by atoms with van der Waals surface area (Å²) in [5.74, 6) is 0. The number of pyridine rings is 2. The van der Waals surface area contributed by atoms with Gasteiger partial charge >= 0.3 is 0 Å². The van der Waals surface area contributed by atoms with Crippen LogP contribution in [0.5, 0.6) is 0 Å². The van der Waals surface area contributed by atoms with Gasteiger partial charge in [-0.05, 0) is 50.6 Å². The number of allylic oxidation sites excluding steroid dienone is 1. The molecule has 5 rings (SSSR count). The summed E-state index contributed by atoms with van der Waals surface area (Å²) in [4.78, 5) is 4.66. The highest BCUT2D eigenvalue weighted by Crippen LogP contribution is 2.38. The number of rotatable bonds is 5. The Morgan fingerprint density at radius 3 is 2.65 bits per heavy atom. The minimum absolute atomic E-state index is 0.707. The highest BCUT2D eigenvalue weighted by atomic mass is 32.1. The third-order valence-electron chi connectivity index (χ3n) is 6.06. The molecular formula is C27H27N2OS+. The van der Waals surface area contributed by atoms with Gasteiger partial charge in [0.1, 0.15) is 0 Å². The first-order valence-electron chi connectivity index (χ1n) is 11.0. The zero-order chi connectivity index (χ0) is 21.7. The molecule has 5 aromatic rings. The molecule has 0 saturated carbocycles. The number of hydrogen-bond acceptors (Lipinski definition) is 3. The number of nitrogens with zero attached hydrogens (tertiary/aromatic N) is 2. The Morgan fingerprint density at radius 2 is 1.87 bits per heavy atom. The summed E-state index contributed by atoms with van der Waals surface area (Å²) in [6.45, 7) is 13.0. The largest absolute Gasteiger partial charge is 0.437 e. The Kier molecular flexibility index (Phi) is 4.90. The van der Waals surface area contributed by atoms with Crippen LogP contribution in [-0.2, 0) is 6.42 Å². The van der Waals surface area contributed by atoms with Crippen molar-refractivity contribution in [1.29, 1.82) is 0 Å². The van der Waals surface area contributed by atoms with Crippen LogP contribution in [-0.4, -0.2) is 4.98 Å². The second kappa shape index (κ2) is 7.61. The Morgan fingerprint density at radius 1 is 1.06 bits per heavy atom. The number of hydrogen-bond donors (Lipinski definition) is 0. The fourth-order valence-electron chi connectivity index (χ4n) is 4.51. The van der Waals surface area contributed by atoms with Gasteiger partial charge < -0.3 is 4.42 Å². The summed E-state index contributed by atoms with van der Waals surface area (Å²) in [6.07, 6.45) is 2.95. The van der Waals surface area contributed by atoms with E-state index < -0.39 is 0 Å². The molecule has 156 valence electrons.